The zero-order chi connectivity index (χ0) is 21.1. The van der Waals surface area contributed by atoms with Crippen LogP contribution in [-0.2, 0) is 20.3 Å². The van der Waals surface area contributed by atoms with Crippen molar-refractivity contribution in [1.82, 2.24) is 4.98 Å². The second-order valence-electron chi connectivity index (χ2n) is 6.84. The Morgan fingerprint density at radius 3 is 2.50 bits per heavy atom. The van der Waals surface area contributed by atoms with Gasteiger partial charge in [-0.25, -0.2) is 18.2 Å². The summed E-state index contributed by atoms with van der Waals surface area (Å²) in [5, 5.41) is 0. The number of oxazole rings is 1. The summed E-state index contributed by atoms with van der Waals surface area (Å²) >= 11 is 0. The number of rotatable bonds is 6. The maximum Gasteiger partial charge on any atom is 0.338 e. The zero-order valence-electron chi connectivity index (χ0n) is 16.2. The Labute approximate surface area is 174 Å². The second-order valence-corrected chi connectivity index (χ2v) is 8.83. The van der Waals surface area contributed by atoms with Crippen molar-refractivity contribution in [2.75, 3.05) is 0 Å². The molecule has 0 unspecified atom stereocenters. The van der Waals surface area contributed by atoms with Crippen LogP contribution in [0.3, 0.4) is 0 Å². The molecule has 30 heavy (non-hydrogen) atoms. The fourth-order valence-electron chi connectivity index (χ4n) is 3.06. The molecule has 1 atom stereocenters. The van der Waals surface area contributed by atoms with Crippen molar-refractivity contribution in [1.29, 1.82) is 0 Å². The topological polar surface area (TPSA) is 86.5 Å². The monoisotopic (exact) mass is 421 g/mol. The predicted octanol–water partition coefficient (Wildman–Crippen LogP) is 4.72. The van der Waals surface area contributed by atoms with Gasteiger partial charge in [-0.15, -0.1) is 0 Å². The number of nitrogens with zero attached hydrogens (tertiary/aromatic N) is 1. The molecule has 0 saturated heterocycles. The molecule has 0 N–H and O–H groups in total. The third-order valence-corrected chi connectivity index (χ3v) is 6.27. The van der Waals surface area contributed by atoms with E-state index in [-0.39, 0.29) is 16.2 Å². The third kappa shape index (κ3) is 4.26. The first kappa shape index (κ1) is 19.8. The molecule has 1 heterocycles. The van der Waals surface area contributed by atoms with E-state index in [1.807, 2.05) is 18.2 Å². The van der Waals surface area contributed by atoms with E-state index in [9.17, 15) is 13.2 Å². The molecular formula is C23H19NO5S. The van der Waals surface area contributed by atoms with Gasteiger partial charge in [0, 0.05) is 0 Å². The summed E-state index contributed by atoms with van der Waals surface area (Å²) in [7, 11) is -3.51. The summed E-state index contributed by atoms with van der Waals surface area (Å²) < 4.78 is 36.3. The molecule has 0 bridgehead atoms. The molecule has 1 aromatic heterocycles. The minimum atomic E-state index is -3.51. The molecule has 4 rings (SSSR count). The highest BCUT2D eigenvalue weighted by Crippen LogP contribution is 2.24. The molecule has 0 aliphatic carbocycles. The number of fused-ring (bicyclic) bond motifs is 1. The van der Waals surface area contributed by atoms with Crippen LogP contribution in [0, 0.1) is 0 Å². The van der Waals surface area contributed by atoms with E-state index in [0.29, 0.717) is 22.6 Å². The van der Waals surface area contributed by atoms with Crippen LogP contribution in [0.5, 0.6) is 0 Å². The number of esters is 1. The van der Waals surface area contributed by atoms with Crippen LogP contribution < -0.4 is 0 Å². The number of hydrogen-bond donors (Lipinski definition) is 0. The lowest BCUT2D eigenvalue weighted by Crippen LogP contribution is -2.11. The Bertz CT molecular complexity index is 1260. The van der Waals surface area contributed by atoms with Crippen molar-refractivity contribution < 1.29 is 22.4 Å². The fraction of sp³-hybridized carbons (Fsp3) is 0.130. The van der Waals surface area contributed by atoms with E-state index in [1.54, 1.807) is 61.5 Å². The van der Waals surface area contributed by atoms with Gasteiger partial charge < -0.3 is 9.15 Å². The van der Waals surface area contributed by atoms with E-state index < -0.39 is 21.9 Å². The van der Waals surface area contributed by atoms with Gasteiger partial charge in [-0.1, -0.05) is 42.5 Å². The van der Waals surface area contributed by atoms with Crippen LogP contribution in [0.15, 0.2) is 88.2 Å². The smallest absolute Gasteiger partial charge is 0.338 e. The Morgan fingerprint density at radius 1 is 1.00 bits per heavy atom. The van der Waals surface area contributed by atoms with Crippen LogP contribution in [-0.4, -0.2) is 19.4 Å². The molecule has 7 heteroatoms. The van der Waals surface area contributed by atoms with Gasteiger partial charge >= 0.3 is 5.97 Å². The highest BCUT2D eigenvalue weighted by Gasteiger charge is 2.20. The first-order valence-electron chi connectivity index (χ1n) is 9.35. The lowest BCUT2D eigenvalue weighted by Gasteiger charge is -2.11. The van der Waals surface area contributed by atoms with Gasteiger partial charge in [0.05, 0.1) is 16.2 Å². The van der Waals surface area contributed by atoms with Crippen molar-refractivity contribution in [2.24, 2.45) is 0 Å². The van der Waals surface area contributed by atoms with Crippen LogP contribution >= 0.6 is 0 Å². The fourth-order valence-corrected chi connectivity index (χ4v) is 4.42. The van der Waals surface area contributed by atoms with Gasteiger partial charge in [0.15, 0.2) is 21.5 Å². The highest BCUT2D eigenvalue weighted by molar-refractivity contribution is 7.90. The van der Waals surface area contributed by atoms with E-state index in [0.717, 1.165) is 0 Å². The number of aromatic nitrogens is 1. The Morgan fingerprint density at radius 2 is 1.73 bits per heavy atom. The molecule has 0 spiro atoms. The minimum absolute atomic E-state index is 0.210. The first-order chi connectivity index (χ1) is 14.4. The summed E-state index contributed by atoms with van der Waals surface area (Å²) in [6.07, 6.45) is -0.693. The molecule has 0 fully saturated rings. The van der Waals surface area contributed by atoms with Gasteiger partial charge in [-0.05, 0) is 48.9 Å². The summed E-state index contributed by atoms with van der Waals surface area (Å²) in [6, 6.07) is 21.9. The molecule has 6 nitrogen and oxygen atoms in total. The Kier molecular flexibility index (Phi) is 5.37. The first-order valence-corrected chi connectivity index (χ1v) is 11.0. The standard InChI is InChI=1S/C23H19NO5S/c1-16(22-24-20-12-5-6-13-21(20)29-22)28-23(25)18-9-7-8-17(14-18)15-30(26,27)19-10-3-2-4-11-19/h2-14,16H,15H2,1H3/t16-/m1/s1. The molecule has 0 amide bonds. The molecule has 3 aromatic carbocycles. The maximum atomic E-state index is 12.6. The summed E-state index contributed by atoms with van der Waals surface area (Å²) in [6.45, 7) is 1.67. The SMILES string of the molecule is C[C@@H](OC(=O)c1cccc(CS(=O)(=O)c2ccccc2)c1)c1nc2ccccc2o1. The van der Waals surface area contributed by atoms with Gasteiger partial charge in [0.25, 0.3) is 0 Å². The number of benzene rings is 3. The van der Waals surface area contributed by atoms with E-state index >= 15 is 0 Å². The van der Waals surface area contributed by atoms with Crippen molar-refractivity contribution in [2.45, 2.75) is 23.7 Å². The van der Waals surface area contributed by atoms with Crippen molar-refractivity contribution in [3.63, 3.8) is 0 Å². The average Bonchev–Trinajstić information content (AvgIpc) is 3.19. The van der Waals surface area contributed by atoms with Crippen molar-refractivity contribution in [3.05, 3.63) is 95.9 Å². The Balaban J connectivity index is 1.49. The highest BCUT2D eigenvalue weighted by atomic mass is 32.2. The predicted molar refractivity (Wildman–Crippen MR) is 112 cm³/mol. The number of hydrogen-bond acceptors (Lipinski definition) is 6. The number of para-hydroxylation sites is 2. The van der Waals surface area contributed by atoms with Crippen LogP contribution in [0.25, 0.3) is 11.1 Å². The molecule has 0 saturated carbocycles. The van der Waals surface area contributed by atoms with E-state index in [1.165, 1.54) is 6.07 Å². The largest absolute Gasteiger partial charge is 0.449 e. The second kappa shape index (κ2) is 8.12. The summed E-state index contributed by atoms with van der Waals surface area (Å²) in [5.74, 6) is -0.491. The number of carbonyl (C=O) groups is 1. The van der Waals surface area contributed by atoms with Crippen molar-refractivity contribution >= 4 is 26.9 Å². The normalized spacial score (nSPS) is 12.6. The number of ether oxygens (including phenoxy) is 1. The van der Waals surface area contributed by atoms with Crippen LogP contribution in [0.2, 0.25) is 0 Å². The minimum Gasteiger partial charge on any atom is -0.449 e. The lowest BCUT2D eigenvalue weighted by atomic mass is 10.1. The lowest BCUT2D eigenvalue weighted by molar-refractivity contribution is 0.0282. The number of sulfone groups is 1. The van der Waals surface area contributed by atoms with E-state index in [2.05, 4.69) is 4.98 Å². The van der Waals surface area contributed by atoms with Gasteiger partial charge in [0.2, 0.25) is 5.89 Å². The van der Waals surface area contributed by atoms with Gasteiger partial charge in [-0.3, -0.25) is 0 Å². The molecule has 0 aliphatic rings. The quantitative estimate of drug-likeness (QED) is 0.419. The molecule has 0 radical (unpaired) electrons. The maximum absolute atomic E-state index is 12.6. The van der Waals surface area contributed by atoms with Crippen LogP contribution in [0.4, 0.5) is 0 Å². The van der Waals surface area contributed by atoms with Gasteiger partial charge in [0.1, 0.15) is 5.52 Å². The molecule has 152 valence electrons. The summed E-state index contributed by atoms with van der Waals surface area (Å²) in [4.78, 5) is 17.2. The third-order valence-electron chi connectivity index (χ3n) is 4.56. The molecular weight excluding hydrogens is 402 g/mol. The number of carbonyl (C=O) groups excluding carboxylic acids is 1. The van der Waals surface area contributed by atoms with Crippen LogP contribution in [0.1, 0.15) is 34.8 Å². The van der Waals surface area contributed by atoms with E-state index in [4.69, 9.17) is 9.15 Å². The summed E-state index contributed by atoms with van der Waals surface area (Å²) in [5.41, 5.74) is 2.06. The molecule has 4 aromatic rings. The van der Waals surface area contributed by atoms with Crippen molar-refractivity contribution in [3.8, 4) is 0 Å². The average molecular weight is 421 g/mol. The zero-order valence-corrected chi connectivity index (χ0v) is 17.0. The Hall–Kier alpha value is -3.45. The molecule has 0 aliphatic heterocycles. The van der Waals surface area contributed by atoms with Gasteiger partial charge in [-0.2, -0.15) is 0 Å².